The van der Waals surface area contributed by atoms with Crippen LogP contribution in [0.5, 0.6) is 5.75 Å². The van der Waals surface area contributed by atoms with Gasteiger partial charge in [-0.25, -0.2) is 0 Å². The fourth-order valence-electron chi connectivity index (χ4n) is 11.7. The van der Waals surface area contributed by atoms with Crippen LogP contribution in [0.4, 0.5) is 0 Å². The number of ether oxygens (including phenoxy) is 2. The number of piperazine rings is 1. The first-order valence-electron chi connectivity index (χ1n) is 35.7. The fourth-order valence-corrected chi connectivity index (χ4v) is 11.7. The molecular weight excluding hydrogens is 1350 g/mol. The maximum Gasteiger partial charge on any atom is 0.243 e. The van der Waals surface area contributed by atoms with Gasteiger partial charge >= 0.3 is 0 Å². The minimum atomic E-state index is -1.52. The van der Waals surface area contributed by atoms with Gasteiger partial charge in [0.25, 0.3) is 0 Å². The molecule has 1 saturated heterocycles. The lowest BCUT2D eigenvalue weighted by atomic mass is 9.98. The number of fused-ring (bicyclic) bond motifs is 1. The number of hydrogen-bond acceptors (Lipinski definition) is 17. The minimum Gasteiger partial charge on any atom is -0.508 e. The Morgan fingerprint density at radius 1 is 0.495 bits per heavy atom. The van der Waals surface area contributed by atoms with Gasteiger partial charge in [-0.1, -0.05) is 98.8 Å². The molecule has 4 aromatic rings. The van der Waals surface area contributed by atoms with Gasteiger partial charge in [-0.2, -0.15) is 0 Å². The van der Waals surface area contributed by atoms with Gasteiger partial charge in [0.2, 0.25) is 59.1 Å². The lowest BCUT2D eigenvalue weighted by molar-refractivity contribution is -0.136. The number of methoxy groups -OCH3 is 1. The maximum atomic E-state index is 15.2. The van der Waals surface area contributed by atoms with Crippen molar-refractivity contribution in [1.29, 1.82) is 0 Å². The number of nitrogens with one attached hydrogen (secondary N) is 8. The molecule has 0 spiro atoms. The number of aliphatic imine (C=N–C) groups is 2. The van der Waals surface area contributed by atoms with E-state index in [9.17, 15) is 43.5 Å². The second kappa shape index (κ2) is 42.7. The highest BCUT2D eigenvalue weighted by Crippen LogP contribution is 2.23. The van der Waals surface area contributed by atoms with Crippen molar-refractivity contribution in [2.24, 2.45) is 50.3 Å². The van der Waals surface area contributed by atoms with E-state index in [-0.39, 0.29) is 106 Å². The predicted molar refractivity (Wildman–Crippen MR) is 401 cm³/mol. The number of primary amides is 2. The molecule has 8 atom stereocenters. The highest BCUT2D eigenvalue weighted by molar-refractivity contribution is 5.99. The van der Waals surface area contributed by atoms with Gasteiger partial charge in [-0.3, -0.25) is 62.8 Å². The molecule has 31 heteroatoms. The monoisotopic (exact) mass is 1460 g/mol. The molecule has 0 saturated carbocycles. The van der Waals surface area contributed by atoms with Gasteiger partial charge in [0.05, 0.1) is 30.8 Å². The molecule has 10 amide bonds. The van der Waals surface area contributed by atoms with Crippen molar-refractivity contribution in [3.05, 3.63) is 114 Å². The summed E-state index contributed by atoms with van der Waals surface area (Å²) in [5, 5.41) is 33.8. The zero-order valence-corrected chi connectivity index (χ0v) is 61.9. The Kier molecular flexibility index (Phi) is 34.8. The summed E-state index contributed by atoms with van der Waals surface area (Å²) in [6.07, 6.45) is 1.78. The summed E-state index contributed by atoms with van der Waals surface area (Å²) >= 11 is 0. The Bertz CT molecular complexity index is 3580. The normalized spacial score (nSPS) is 15.0. The van der Waals surface area contributed by atoms with Crippen molar-refractivity contribution < 1.29 is 62.5 Å². The minimum absolute atomic E-state index is 0.00522. The van der Waals surface area contributed by atoms with Crippen LogP contribution in [0.15, 0.2) is 107 Å². The molecule has 1 aliphatic heterocycles. The molecule has 4 aromatic carbocycles. The molecule has 1 fully saturated rings. The quantitative estimate of drug-likeness (QED) is 0.0157. The molecule has 576 valence electrons. The smallest absolute Gasteiger partial charge is 0.243 e. The van der Waals surface area contributed by atoms with Gasteiger partial charge in [0, 0.05) is 65.6 Å². The number of nitrogens with zero attached hydrogens (tertiary/aromatic N) is 4. The molecule has 31 nitrogen and oxygen atoms in total. The van der Waals surface area contributed by atoms with Gasteiger partial charge < -0.3 is 96.4 Å². The number of hydrogen-bond donors (Lipinski definition) is 15. The summed E-state index contributed by atoms with van der Waals surface area (Å²) in [5.41, 5.74) is 34.1. The van der Waals surface area contributed by atoms with E-state index in [0.29, 0.717) is 36.4 Å². The molecule has 21 N–H and O–H groups in total. The van der Waals surface area contributed by atoms with Crippen molar-refractivity contribution in [3.63, 3.8) is 0 Å². The van der Waals surface area contributed by atoms with Crippen LogP contribution in [0, 0.1) is 5.92 Å². The van der Waals surface area contributed by atoms with E-state index in [1.807, 2.05) is 75.1 Å². The number of carbonyl (C=O) groups is 10. The van der Waals surface area contributed by atoms with E-state index < -0.39 is 114 Å². The lowest BCUT2D eigenvalue weighted by Gasteiger charge is -2.35. The predicted octanol–water partition coefficient (Wildman–Crippen LogP) is -0.00630. The first-order chi connectivity index (χ1) is 49.7. The Labute approximate surface area is 615 Å². The van der Waals surface area contributed by atoms with Gasteiger partial charge in [-0.15, -0.1) is 0 Å². The number of phenols is 1. The Morgan fingerprint density at radius 3 is 1.50 bits per heavy atom. The van der Waals surface area contributed by atoms with Crippen LogP contribution >= 0.6 is 0 Å². The van der Waals surface area contributed by atoms with Crippen LogP contribution in [0.3, 0.4) is 0 Å². The molecule has 5 rings (SSSR count). The van der Waals surface area contributed by atoms with E-state index in [0.717, 1.165) is 49.7 Å². The molecule has 1 aliphatic rings. The maximum absolute atomic E-state index is 15.2. The number of benzene rings is 4. The molecular formula is C74H112N18O13. The van der Waals surface area contributed by atoms with E-state index >= 15 is 9.59 Å². The summed E-state index contributed by atoms with van der Waals surface area (Å²) in [6.45, 7) is 17.4. The second-order valence-electron chi connectivity index (χ2n) is 28.3. The molecule has 0 radical (unpaired) electrons. The number of rotatable bonds is 45. The molecule has 0 aromatic heterocycles. The summed E-state index contributed by atoms with van der Waals surface area (Å²) in [7, 11) is 1.70. The zero-order valence-electron chi connectivity index (χ0n) is 61.9. The largest absolute Gasteiger partial charge is 0.508 e. The highest BCUT2D eigenvalue weighted by Gasteiger charge is 2.36. The van der Waals surface area contributed by atoms with Crippen molar-refractivity contribution in [2.45, 2.75) is 185 Å². The highest BCUT2D eigenvalue weighted by atomic mass is 16.5. The van der Waals surface area contributed by atoms with Crippen molar-refractivity contribution in [3.8, 4) is 5.75 Å². The van der Waals surface area contributed by atoms with Crippen molar-refractivity contribution >= 4 is 81.8 Å². The van der Waals surface area contributed by atoms with Crippen LogP contribution in [0.1, 0.15) is 123 Å². The molecule has 0 aliphatic carbocycles. The summed E-state index contributed by atoms with van der Waals surface area (Å²) in [6, 6.07) is 17.0. The topological polar surface area (TPSA) is 493 Å². The Hall–Kier alpha value is -9.98. The SMILES string of the molecule is COC(C)(C)CCOC(C)(C)CCCN1CCN(CC(=O)NC(Cc2ccc(O)cc2)C(=O)NC(Cc2ccc3ccccc3c2)C(=O)NC(CC(C)C)C(=O)NC(Cc2ccccc2)C(=O)NC(CCCN=C(N)N)C(=O)NC(C)C(=O)NC(CCCN=C(N)N)C(=O)NC(CC(N)=O)C(N)=O)CC1. The summed E-state index contributed by atoms with van der Waals surface area (Å²) < 4.78 is 11.8. The molecule has 1 heterocycles. The fraction of sp³-hybridized carbons (Fsp3) is 0.541. The number of amides is 10. The third-order valence-corrected chi connectivity index (χ3v) is 18.0. The van der Waals surface area contributed by atoms with E-state index in [1.54, 1.807) is 49.6 Å². The number of nitrogens with two attached hydrogens (primary N) is 6. The Morgan fingerprint density at radius 2 is 0.952 bits per heavy atom. The molecule has 0 bridgehead atoms. The standard InChI is InChI=1S/C74H112N18O13/c1-46(2)39-57(67(100)89-59(41-48-17-10-9-11-18-48)69(102)86-54(21-14-31-81-71(77)78)65(98)83-47(3)64(97)85-55(22-15-32-82-72(79)80)66(99)87-56(63(76)96)44-61(75)94)88-70(103)60(43-50-23-26-51-19-12-13-20-52(51)40-50)90-68(101)58(42-49-24-27-53(93)28-25-49)84-62(95)45-92-36-34-91(35-37-92)33-16-29-74(6,7)105-38-30-73(4,5)104-8/h9-13,17-20,23-28,40,46-47,54-60,93H,14-16,21-22,29-39,41-45H2,1-8H3,(H2,75,94)(H2,76,96)(H,83,98)(H,84,95)(H,85,97)(H,86,102)(H,87,99)(H,88,103)(H,89,100)(H,90,101)(H4,77,78,81)(H4,79,80,82). The third-order valence-electron chi connectivity index (χ3n) is 18.0. The van der Waals surface area contributed by atoms with Crippen LogP contribution in [0.25, 0.3) is 10.8 Å². The number of guanidine groups is 2. The number of aromatic hydroxyl groups is 1. The van der Waals surface area contributed by atoms with Crippen LogP contribution in [-0.2, 0) is 76.7 Å². The summed E-state index contributed by atoms with van der Waals surface area (Å²) in [5.74, 6) is -8.94. The van der Waals surface area contributed by atoms with E-state index in [4.69, 9.17) is 43.9 Å². The number of phenolic OH excluding ortho intramolecular Hbond substituents is 1. The van der Waals surface area contributed by atoms with E-state index in [1.165, 1.54) is 19.1 Å². The van der Waals surface area contributed by atoms with Crippen molar-refractivity contribution in [1.82, 2.24) is 52.3 Å². The van der Waals surface area contributed by atoms with Crippen LogP contribution in [-0.4, -0.2) is 212 Å². The average molecular weight is 1460 g/mol. The van der Waals surface area contributed by atoms with Crippen LogP contribution in [0.2, 0.25) is 0 Å². The van der Waals surface area contributed by atoms with Gasteiger partial charge in [-0.05, 0) is 138 Å². The van der Waals surface area contributed by atoms with Crippen LogP contribution < -0.4 is 76.9 Å². The number of carbonyl (C=O) groups excluding carboxylic acids is 10. The van der Waals surface area contributed by atoms with Gasteiger partial charge in [0.15, 0.2) is 11.9 Å². The molecule has 8 unspecified atom stereocenters. The summed E-state index contributed by atoms with van der Waals surface area (Å²) in [4.78, 5) is 152. The first-order valence-corrected chi connectivity index (χ1v) is 35.7. The lowest BCUT2D eigenvalue weighted by Crippen LogP contribution is -2.61. The van der Waals surface area contributed by atoms with E-state index in [2.05, 4.69) is 71.3 Å². The zero-order chi connectivity index (χ0) is 77.4. The van der Waals surface area contributed by atoms with Gasteiger partial charge in [0.1, 0.15) is 54.1 Å². The second-order valence-corrected chi connectivity index (χ2v) is 28.3. The average Bonchev–Trinajstić information content (AvgIpc) is 0.826. The third kappa shape index (κ3) is 31.9. The molecule has 105 heavy (non-hydrogen) atoms. The first kappa shape index (κ1) is 85.7. The van der Waals surface area contributed by atoms with Crippen molar-refractivity contribution in [2.75, 3.05) is 66.1 Å². The Balaban J connectivity index is 1.38.